The van der Waals surface area contributed by atoms with Gasteiger partial charge in [0.1, 0.15) is 0 Å². The number of hydrogen-bond donors (Lipinski definition) is 0. The fraction of sp³-hybridized carbons (Fsp3) is 0.111. The second-order valence-electron chi connectivity index (χ2n) is 2.18. The Labute approximate surface area is 100 Å². The molecule has 0 aliphatic rings. The summed E-state index contributed by atoms with van der Waals surface area (Å²) in [7, 11) is 0. The second kappa shape index (κ2) is 5.12. The van der Waals surface area contributed by atoms with Gasteiger partial charge in [-0.25, -0.2) is 0 Å². The van der Waals surface area contributed by atoms with Crippen molar-refractivity contribution in [3.8, 4) is 11.8 Å². The van der Waals surface area contributed by atoms with Crippen LogP contribution in [0.2, 0.25) is 15.1 Å². The van der Waals surface area contributed by atoms with Crippen LogP contribution in [0.1, 0.15) is 5.56 Å². The van der Waals surface area contributed by atoms with E-state index in [0.717, 1.165) is 0 Å². The molecular weight excluding hydrogens is 294 g/mol. The molecule has 0 unspecified atom stereocenters. The van der Waals surface area contributed by atoms with Gasteiger partial charge in [-0.3, -0.25) is 0 Å². The van der Waals surface area contributed by atoms with E-state index in [1.165, 1.54) is 0 Å². The van der Waals surface area contributed by atoms with Gasteiger partial charge in [0.15, 0.2) is 0 Å². The van der Waals surface area contributed by atoms with Gasteiger partial charge in [0.05, 0.1) is 15.4 Å². The number of benzene rings is 1. The Bertz CT molecular complexity index is 376. The molecule has 13 heavy (non-hydrogen) atoms. The molecule has 0 radical (unpaired) electrons. The molecule has 0 saturated carbocycles. The van der Waals surface area contributed by atoms with Crippen molar-refractivity contribution in [1.82, 2.24) is 0 Å². The molecule has 0 aliphatic heterocycles. The minimum atomic E-state index is 0.424. The normalized spacial score (nSPS) is 9.23. The summed E-state index contributed by atoms with van der Waals surface area (Å²) in [6.45, 7) is 0. The zero-order valence-corrected chi connectivity index (χ0v) is 10.2. The summed E-state index contributed by atoms with van der Waals surface area (Å²) in [6, 6.07) is 3.27. The highest BCUT2D eigenvalue weighted by molar-refractivity contribution is 9.09. The van der Waals surface area contributed by atoms with Crippen LogP contribution in [0.4, 0.5) is 0 Å². The smallest absolute Gasteiger partial charge is 0.0749 e. The van der Waals surface area contributed by atoms with Crippen LogP contribution in [-0.4, -0.2) is 5.33 Å². The summed E-state index contributed by atoms with van der Waals surface area (Å²) in [5.41, 5.74) is 0.651. The summed E-state index contributed by atoms with van der Waals surface area (Å²) >= 11 is 20.7. The van der Waals surface area contributed by atoms with Crippen LogP contribution in [-0.2, 0) is 0 Å². The summed E-state index contributed by atoms with van der Waals surface area (Å²) in [6.07, 6.45) is 0. The Hall–Kier alpha value is 0.130. The Morgan fingerprint density at radius 3 is 2.54 bits per heavy atom. The lowest BCUT2D eigenvalue weighted by atomic mass is 10.2. The molecule has 1 aromatic carbocycles. The third kappa shape index (κ3) is 3.07. The third-order valence-corrected chi connectivity index (χ3v) is 2.58. The van der Waals surface area contributed by atoms with E-state index in [1.807, 2.05) is 0 Å². The van der Waals surface area contributed by atoms with Crippen molar-refractivity contribution in [2.45, 2.75) is 0 Å². The van der Waals surface area contributed by atoms with Gasteiger partial charge in [0, 0.05) is 10.6 Å². The molecule has 4 heteroatoms. The lowest BCUT2D eigenvalue weighted by Gasteiger charge is -1.99. The molecule has 0 aromatic heterocycles. The standard InChI is InChI=1S/C9H4BrCl3/c10-3-1-2-6-4-7(11)5-8(12)9(6)13/h4-5H,3H2. The molecule has 0 atom stereocenters. The molecular formula is C9H4BrCl3. The first kappa shape index (κ1) is 11.2. The van der Waals surface area contributed by atoms with E-state index >= 15 is 0 Å². The number of halogens is 4. The predicted octanol–water partition coefficient (Wildman–Crippen LogP) is 4.39. The molecule has 0 saturated heterocycles. The van der Waals surface area contributed by atoms with Gasteiger partial charge in [-0.15, -0.1) is 0 Å². The molecule has 0 N–H and O–H groups in total. The van der Waals surface area contributed by atoms with Crippen molar-refractivity contribution in [3.05, 3.63) is 32.8 Å². The summed E-state index contributed by atoms with van der Waals surface area (Å²) < 4.78 is 0. The van der Waals surface area contributed by atoms with E-state index < -0.39 is 0 Å². The number of hydrogen-bond acceptors (Lipinski definition) is 0. The van der Waals surface area contributed by atoms with Crippen LogP contribution in [0.15, 0.2) is 12.1 Å². The zero-order chi connectivity index (χ0) is 9.84. The van der Waals surface area contributed by atoms with Gasteiger partial charge in [0.25, 0.3) is 0 Å². The maximum atomic E-state index is 5.89. The predicted molar refractivity (Wildman–Crippen MR) is 62.1 cm³/mol. The van der Waals surface area contributed by atoms with Crippen molar-refractivity contribution in [2.75, 3.05) is 5.33 Å². The SMILES string of the molecule is Clc1cc(Cl)c(Cl)c(C#CCBr)c1. The maximum Gasteiger partial charge on any atom is 0.0749 e. The number of alkyl halides is 1. The fourth-order valence-corrected chi connectivity index (χ4v) is 1.57. The van der Waals surface area contributed by atoms with Crippen molar-refractivity contribution >= 4 is 50.7 Å². The minimum Gasteiger partial charge on any atom is -0.0863 e. The summed E-state index contributed by atoms with van der Waals surface area (Å²) in [5, 5.41) is 1.99. The maximum absolute atomic E-state index is 5.89. The van der Waals surface area contributed by atoms with E-state index in [-0.39, 0.29) is 0 Å². The van der Waals surface area contributed by atoms with Gasteiger partial charge in [-0.2, -0.15) is 0 Å². The molecule has 0 nitrogen and oxygen atoms in total. The molecule has 1 aromatic rings. The van der Waals surface area contributed by atoms with Gasteiger partial charge in [-0.05, 0) is 12.1 Å². The third-order valence-electron chi connectivity index (χ3n) is 1.28. The monoisotopic (exact) mass is 296 g/mol. The fourth-order valence-electron chi connectivity index (χ4n) is 0.776. The average molecular weight is 298 g/mol. The van der Waals surface area contributed by atoms with Crippen molar-refractivity contribution < 1.29 is 0 Å². The molecule has 0 spiro atoms. The summed E-state index contributed by atoms with van der Waals surface area (Å²) in [5.74, 6) is 5.67. The average Bonchev–Trinajstić information content (AvgIpc) is 2.09. The van der Waals surface area contributed by atoms with Crippen LogP contribution in [0.25, 0.3) is 0 Å². The van der Waals surface area contributed by atoms with E-state index in [9.17, 15) is 0 Å². The first-order valence-corrected chi connectivity index (χ1v) is 5.60. The highest BCUT2D eigenvalue weighted by atomic mass is 79.9. The minimum absolute atomic E-state index is 0.424. The Morgan fingerprint density at radius 1 is 1.23 bits per heavy atom. The Kier molecular flexibility index (Phi) is 4.41. The molecule has 0 fully saturated rings. The molecule has 68 valence electrons. The lowest BCUT2D eigenvalue weighted by molar-refractivity contribution is 1.64. The van der Waals surface area contributed by atoms with Crippen molar-refractivity contribution in [3.63, 3.8) is 0 Å². The van der Waals surface area contributed by atoms with Crippen molar-refractivity contribution in [2.24, 2.45) is 0 Å². The van der Waals surface area contributed by atoms with Crippen LogP contribution >= 0.6 is 50.7 Å². The molecule has 0 amide bonds. The first-order valence-electron chi connectivity index (χ1n) is 3.34. The van der Waals surface area contributed by atoms with Gasteiger partial charge in [-0.1, -0.05) is 62.6 Å². The lowest BCUT2D eigenvalue weighted by Crippen LogP contribution is -1.79. The van der Waals surface area contributed by atoms with E-state index in [2.05, 4.69) is 27.8 Å². The molecule has 1 rings (SSSR count). The number of rotatable bonds is 0. The summed E-state index contributed by atoms with van der Waals surface area (Å²) in [4.78, 5) is 0. The topological polar surface area (TPSA) is 0 Å². The van der Waals surface area contributed by atoms with Gasteiger partial charge in [0.2, 0.25) is 0 Å². The van der Waals surface area contributed by atoms with Crippen LogP contribution in [0.5, 0.6) is 0 Å². The van der Waals surface area contributed by atoms with Crippen LogP contribution in [0, 0.1) is 11.8 Å². The van der Waals surface area contributed by atoms with E-state index in [0.29, 0.717) is 26.0 Å². The van der Waals surface area contributed by atoms with Gasteiger partial charge < -0.3 is 0 Å². The Balaban J connectivity index is 3.20. The Morgan fingerprint density at radius 2 is 1.92 bits per heavy atom. The van der Waals surface area contributed by atoms with E-state index in [1.54, 1.807) is 12.1 Å². The molecule has 0 aliphatic carbocycles. The molecule has 0 heterocycles. The highest BCUT2D eigenvalue weighted by Gasteiger charge is 2.04. The largest absolute Gasteiger partial charge is 0.0863 e. The van der Waals surface area contributed by atoms with E-state index in [4.69, 9.17) is 34.8 Å². The second-order valence-corrected chi connectivity index (χ2v) is 3.97. The van der Waals surface area contributed by atoms with Gasteiger partial charge >= 0.3 is 0 Å². The van der Waals surface area contributed by atoms with Crippen LogP contribution in [0.3, 0.4) is 0 Å². The van der Waals surface area contributed by atoms with Crippen LogP contribution < -0.4 is 0 Å². The quantitative estimate of drug-likeness (QED) is 0.378. The first-order chi connectivity index (χ1) is 6.15. The van der Waals surface area contributed by atoms with Crippen molar-refractivity contribution in [1.29, 1.82) is 0 Å². The molecule has 0 bridgehead atoms. The zero-order valence-electron chi connectivity index (χ0n) is 6.37. The highest BCUT2D eigenvalue weighted by Crippen LogP contribution is 2.28.